The highest BCUT2D eigenvalue weighted by molar-refractivity contribution is 6.30. The van der Waals surface area contributed by atoms with Gasteiger partial charge in [-0.1, -0.05) is 23.7 Å². The molecule has 1 aliphatic carbocycles. The van der Waals surface area contributed by atoms with Gasteiger partial charge in [0, 0.05) is 24.1 Å². The molecule has 0 heterocycles. The zero-order valence-electron chi connectivity index (χ0n) is 10.3. The van der Waals surface area contributed by atoms with Crippen LogP contribution in [0.5, 0.6) is 0 Å². The summed E-state index contributed by atoms with van der Waals surface area (Å²) in [5.74, 6) is 0. The van der Waals surface area contributed by atoms with Crippen LogP contribution in [0.3, 0.4) is 0 Å². The predicted octanol–water partition coefficient (Wildman–Crippen LogP) is 3.13. The number of ether oxygens (including phenoxy) is 1. The third kappa shape index (κ3) is 2.65. The van der Waals surface area contributed by atoms with Crippen molar-refractivity contribution < 1.29 is 4.74 Å². The van der Waals surface area contributed by atoms with Crippen molar-refractivity contribution in [3.05, 3.63) is 34.9 Å². The average molecular weight is 254 g/mol. The van der Waals surface area contributed by atoms with E-state index in [0.29, 0.717) is 12.6 Å². The van der Waals surface area contributed by atoms with Gasteiger partial charge in [-0.2, -0.15) is 0 Å². The minimum Gasteiger partial charge on any atom is -0.381 e. The van der Waals surface area contributed by atoms with Crippen molar-refractivity contribution in [1.29, 1.82) is 0 Å². The summed E-state index contributed by atoms with van der Waals surface area (Å²) in [6.07, 6.45) is 4.74. The van der Waals surface area contributed by atoms with Crippen molar-refractivity contribution in [2.75, 3.05) is 13.7 Å². The minimum absolute atomic E-state index is 0.0972. The molecule has 3 heteroatoms. The van der Waals surface area contributed by atoms with Gasteiger partial charge in [0.05, 0.1) is 6.10 Å². The molecule has 1 aromatic rings. The van der Waals surface area contributed by atoms with E-state index in [1.807, 2.05) is 12.1 Å². The van der Waals surface area contributed by atoms with Gasteiger partial charge in [0.15, 0.2) is 0 Å². The van der Waals surface area contributed by atoms with E-state index in [9.17, 15) is 0 Å². The molecule has 0 atom stereocenters. The standard InChI is InChI=1S/C14H20ClNO/c1-17-13-5-7-14(10-16,8-6-13)11-3-2-4-12(15)9-11/h2-4,9,13H,5-8,10,16H2,1H3/t13-,14-. The van der Waals surface area contributed by atoms with E-state index < -0.39 is 0 Å². The van der Waals surface area contributed by atoms with Crippen LogP contribution in [-0.2, 0) is 10.2 Å². The molecule has 94 valence electrons. The van der Waals surface area contributed by atoms with Crippen LogP contribution in [0.2, 0.25) is 5.02 Å². The highest BCUT2D eigenvalue weighted by atomic mass is 35.5. The molecular formula is C14H20ClNO. The number of rotatable bonds is 3. The number of halogens is 1. The highest BCUT2D eigenvalue weighted by Crippen LogP contribution is 2.40. The van der Waals surface area contributed by atoms with Crippen LogP contribution in [0.1, 0.15) is 31.2 Å². The molecule has 1 aliphatic rings. The molecule has 0 aliphatic heterocycles. The van der Waals surface area contributed by atoms with Crippen molar-refractivity contribution in [3.63, 3.8) is 0 Å². The largest absolute Gasteiger partial charge is 0.381 e. The molecule has 0 saturated heterocycles. The van der Waals surface area contributed by atoms with Gasteiger partial charge in [0.1, 0.15) is 0 Å². The maximum absolute atomic E-state index is 6.07. The summed E-state index contributed by atoms with van der Waals surface area (Å²) >= 11 is 6.07. The van der Waals surface area contributed by atoms with Crippen LogP contribution in [0, 0.1) is 0 Å². The Morgan fingerprint density at radius 1 is 1.41 bits per heavy atom. The fourth-order valence-electron chi connectivity index (χ4n) is 2.81. The maximum Gasteiger partial charge on any atom is 0.0572 e. The molecule has 0 unspecified atom stereocenters. The lowest BCUT2D eigenvalue weighted by atomic mass is 9.69. The summed E-state index contributed by atoms with van der Waals surface area (Å²) in [4.78, 5) is 0. The minimum atomic E-state index is 0.0972. The highest BCUT2D eigenvalue weighted by Gasteiger charge is 2.35. The summed E-state index contributed by atoms with van der Waals surface area (Å²) < 4.78 is 5.42. The molecule has 0 aromatic heterocycles. The topological polar surface area (TPSA) is 35.2 Å². The zero-order chi connectivity index (χ0) is 12.3. The van der Waals surface area contributed by atoms with E-state index in [2.05, 4.69) is 12.1 Å². The van der Waals surface area contributed by atoms with E-state index in [1.54, 1.807) is 7.11 Å². The molecule has 0 radical (unpaired) electrons. The molecule has 1 saturated carbocycles. The molecule has 17 heavy (non-hydrogen) atoms. The van der Waals surface area contributed by atoms with Crippen LogP contribution in [0.4, 0.5) is 0 Å². The van der Waals surface area contributed by atoms with Gasteiger partial charge in [0.25, 0.3) is 0 Å². The Kier molecular flexibility index (Phi) is 4.08. The molecule has 1 fully saturated rings. The smallest absolute Gasteiger partial charge is 0.0572 e. The Morgan fingerprint density at radius 2 is 2.12 bits per heavy atom. The van der Waals surface area contributed by atoms with Crippen molar-refractivity contribution in [1.82, 2.24) is 0 Å². The zero-order valence-corrected chi connectivity index (χ0v) is 11.0. The molecule has 0 spiro atoms. The van der Waals surface area contributed by atoms with Crippen molar-refractivity contribution in [2.24, 2.45) is 5.73 Å². The predicted molar refractivity (Wildman–Crippen MR) is 71.4 cm³/mol. The lowest BCUT2D eigenvalue weighted by molar-refractivity contribution is 0.0498. The second kappa shape index (κ2) is 5.38. The summed E-state index contributed by atoms with van der Waals surface area (Å²) in [5.41, 5.74) is 7.40. The molecule has 1 aromatic carbocycles. The van der Waals surface area contributed by atoms with Crippen molar-refractivity contribution >= 4 is 11.6 Å². The Labute approximate surface area is 108 Å². The van der Waals surface area contributed by atoms with Crippen molar-refractivity contribution in [2.45, 2.75) is 37.2 Å². The second-order valence-corrected chi connectivity index (χ2v) is 5.37. The van der Waals surface area contributed by atoms with Crippen LogP contribution < -0.4 is 5.73 Å². The number of methoxy groups -OCH3 is 1. The van der Waals surface area contributed by atoms with E-state index in [0.717, 1.165) is 30.7 Å². The van der Waals surface area contributed by atoms with E-state index in [4.69, 9.17) is 22.1 Å². The number of benzene rings is 1. The number of hydrogen-bond donors (Lipinski definition) is 1. The van der Waals surface area contributed by atoms with Gasteiger partial charge in [0.2, 0.25) is 0 Å². The second-order valence-electron chi connectivity index (χ2n) is 4.93. The quantitative estimate of drug-likeness (QED) is 0.898. The van der Waals surface area contributed by atoms with Gasteiger partial charge in [-0.25, -0.2) is 0 Å². The monoisotopic (exact) mass is 253 g/mol. The Bertz CT molecular complexity index is 372. The van der Waals surface area contributed by atoms with E-state index >= 15 is 0 Å². The Balaban J connectivity index is 2.21. The fourth-order valence-corrected chi connectivity index (χ4v) is 3.00. The first-order chi connectivity index (χ1) is 8.20. The maximum atomic E-state index is 6.07. The van der Waals surface area contributed by atoms with Crippen LogP contribution in [-0.4, -0.2) is 19.8 Å². The van der Waals surface area contributed by atoms with Gasteiger partial charge in [-0.3, -0.25) is 0 Å². The average Bonchev–Trinajstić information content (AvgIpc) is 2.39. The lowest BCUT2D eigenvalue weighted by Gasteiger charge is -2.39. The number of nitrogens with two attached hydrogens (primary N) is 1. The summed E-state index contributed by atoms with van der Waals surface area (Å²) in [6.45, 7) is 0.684. The molecule has 0 bridgehead atoms. The Hall–Kier alpha value is -0.570. The Morgan fingerprint density at radius 3 is 2.65 bits per heavy atom. The molecule has 2 nitrogen and oxygen atoms in total. The number of hydrogen-bond acceptors (Lipinski definition) is 2. The molecule has 2 N–H and O–H groups in total. The first-order valence-electron chi connectivity index (χ1n) is 6.19. The SMILES string of the molecule is CO[C@H]1CC[C@](CN)(c2cccc(Cl)c2)CC1. The third-order valence-electron chi connectivity index (χ3n) is 4.05. The van der Waals surface area contributed by atoms with Crippen LogP contribution in [0.15, 0.2) is 24.3 Å². The van der Waals surface area contributed by atoms with Gasteiger partial charge >= 0.3 is 0 Å². The third-order valence-corrected chi connectivity index (χ3v) is 4.29. The summed E-state index contributed by atoms with van der Waals surface area (Å²) in [5, 5.41) is 0.796. The fraction of sp³-hybridized carbons (Fsp3) is 0.571. The van der Waals surface area contributed by atoms with Gasteiger partial charge < -0.3 is 10.5 Å². The van der Waals surface area contributed by atoms with E-state index in [-0.39, 0.29) is 5.41 Å². The normalized spacial score (nSPS) is 29.2. The molecular weight excluding hydrogens is 234 g/mol. The van der Waals surface area contributed by atoms with E-state index in [1.165, 1.54) is 5.56 Å². The first kappa shape index (κ1) is 12.9. The van der Waals surface area contributed by atoms with Crippen LogP contribution >= 0.6 is 11.6 Å². The summed E-state index contributed by atoms with van der Waals surface area (Å²) in [6, 6.07) is 8.13. The van der Waals surface area contributed by atoms with Gasteiger partial charge in [-0.15, -0.1) is 0 Å². The van der Waals surface area contributed by atoms with Gasteiger partial charge in [-0.05, 0) is 43.4 Å². The summed E-state index contributed by atoms with van der Waals surface area (Å²) in [7, 11) is 1.79. The molecule has 0 amide bonds. The molecule has 2 rings (SSSR count). The lowest BCUT2D eigenvalue weighted by Crippen LogP contribution is -2.40. The van der Waals surface area contributed by atoms with Crippen molar-refractivity contribution in [3.8, 4) is 0 Å². The van der Waals surface area contributed by atoms with Crippen LogP contribution in [0.25, 0.3) is 0 Å². The first-order valence-corrected chi connectivity index (χ1v) is 6.57.